The molecule has 0 heterocycles. The van der Waals surface area contributed by atoms with Crippen molar-refractivity contribution in [3.8, 4) is 0 Å². The van der Waals surface area contributed by atoms with Crippen LogP contribution in [0.25, 0.3) is 10.8 Å². The van der Waals surface area contributed by atoms with Crippen molar-refractivity contribution < 1.29 is 14.7 Å². The van der Waals surface area contributed by atoms with Crippen LogP contribution in [0.4, 0.5) is 0 Å². The molecule has 0 radical (unpaired) electrons. The third kappa shape index (κ3) is 2.45. The highest BCUT2D eigenvalue weighted by molar-refractivity contribution is 5.91. The predicted molar refractivity (Wildman–Crippen MR) is 84.7 cm³/mol. The number of hydrogen-bond acceptors (Lipinski definition) is 2. The van der Waals surface area contributed by atoms with Gasteiger partial charge in [0.1, 0.15) is 6.04 Å². The number of nitrogens with zero attached hydrogens (tertiary/aromatic N) is 1. The molecule has 0 bridgehead atoms. The molecule has 3 atom stereocenters. The molecular formula is C18H19NO3. The molecule has 0 aromatic heterocycles. The molecule has 1 N–H and O–H groups in total. The molecule has 2 aromatic carbocycles. The van der Waals surface area contributed by atoms with Gasteiger partial charge >= 0.3 is 5.97 Å². The minimum Gasteiger partial charge on any atom is -0.480 e. The van der Waals surface area contributed by atoms with Gasteiger partial charge in [-0.1, -0.05) is 42.5 Å². The maximum atomic E-state index is 12.4. The van der Waals surface area contributed by atoms with Crippen LogP contribution >= 0.6 is 0 Å². The molecule has 4 nitrogen and oxygen atoms in total. The molecule has 0 aliphatic heterocycles. The van der Waals surface area contributed by atoms with E-state index in [1.54, 1.807) is 7.05 Å². The number of carbonyl (C=O) groups excluding carboxylic acids is 1. The molecule has 4 heteroatoms. The first-order valence-corrected chi connectivity index (χ1v) is 7.48. The first kappa shape index (κ1) is 14.6. The van der Waals surface area contributed by atoms with Crippen molar-refractivity contribution in [2.45, 2.75) is 25.3 Å². The number of rotatable bonds is 4. The van der Waals surface area contributed by atoms with Crippen molar-refractivity contribution in [1.29, 1.82) is 0 Å². The zero-order chi connectivity index (χ0) is 15.9. The van der Waals surface area contributed by atoms with Gasteiger partial charge in [-0.05, 0) is 35.6 Å². The molecule has 0 spiro atoms. The minimum atomic E-state index is -0.974. The molecule has 3 unspecified atom stereocenters. The summed E-state index contributed by atoms with van der Waals surface area (Å²) in [6.07, 6.45) is 0.795. The molecule has 0 saturated heterocycles. The van der Waals surface area contributed by atoms with Crippen LogP contribution in [0.2, 0.25) is 0 Å². The fraction of sp³-hybridized carbons (Fsp3) is 0.333. The molecule has 3 rings (SSSR count). The molecule has 1 saturated carbocycles. The first-order chi connectivity index (χ1) is 10.5. The van der Waals surface area contributed by atoms with E-state index in [2.05, 4.69) is 24.3 Å². The van der Waals surface area contributed by atoms with Crippen molar-refractivity contribution in [1.82, 2.24) is 4.90 Å². The van der Waals surface area contributed by atoms with Gasteiger partial charge in [0, 0.05) is 13.0 Å². The Labute approximate surface area is 129 Å². The van der Waals surface area contributed by atoms with Gasteiger partial charge in [-0.15, -0.1) is 0 Å². The van der Waals surface area contributed by atoms with Crippen LogP contribution in [0.5, 0.6) is 0 Å². The van der Waals surface area contributed by atoms with E-state index in [9.17, 15) is 9.59 Å². The Bertz CT molecular complexity index is 735. The third-order valence-electron chi connectivity index (χ3n) is 4.62. The summed E-state index contributed by atoms with van der Waals surface area (Å²) in [6.45, 7) is 1.54. The number of aliphatic carboxylic acids is 1. The lowest BCUT2D eigenvalue weighted by molar-refractivity contribution is -0.148. The average molecular weight is 297 g/mol. The number of amides is 1. The summed E-state index contributed by atoms with van der Waals surface area (Å²) in [4.78, 5) is 24.8. The van der Waals surface area contributed by atoms with Crippen molar-refractivity contribution in [3.63, 3.8) is 0 Å². The topological polar surface area (TPSA) is 57.6 Å². The quantitative estimate of drug-likeness (QED) is 0.944. The number of carbonyl (C=O) groups is 2. The molecule has 114 valence electrons. The fourth-order valence-corrected chi connectivity index (χ4v) is 3.00. The fourth-order valence-electron chi connectivity index (χ4n) is 3.00. The van der Waals surface area contributed by atoms with Crippen LogP contribution in [-0.4, -0.2) is 35.0 Å². The highest BCUT2D eigenvalue weighted by Crippen LogP contribution is 2.50. The van der Waals surface area contributed by atoms with E-state index in [0.717, 1.165) is 6.42 Å². The SMILES string of the molecule is CC(C(=O)O)N(C)C(=O)C1CC1c1cccc2ccccc12. The predicted octanol–water partition coefficient (Wildman–Crippen LogP) is 2.87. The second-order valence-electron chi connectivity index (χ2n) is 5.98. The number of fused-ring (bicyclic) bond motifs is 1. The lowest BCUT2D eigenvalue weighted by Crippen LogP contribution is -2.41. The van der Waals surface area contributed by atoms with Crippen LogP contribution in [0.1, 0.15) is 24.8 Å². The smallest absolute Gasteiger partial charge is 0.326 e. The second kappa shape index (κ2) is 5.44. The lowest BCUT2D eigenvalue weighted by Gasteiger charge is -2.21. The highest BCUT2D eigenvalue weighted by atomic mass is 16.4. The van der Waals surface area contributed by atoms with Crippen molar-refractivity contribution in [3.05, 3.63) is 48.0 Å². The van der Waals surface area contributed by atoms with E-state index >= 15 is 0 Å². The maximum absolute atomic E-state index is 12.4. The zero-order valence-corrected chi connectivity index (χ0v) is 12.7. The summed E-state index contributed by atoms with van der Waals surface area (Å²) in [7, 11) is 1.57. The summed E-state index contributed by atoms with van der Waals surface area (Å²) < 4.78 is 0. The van der Waals surface area contributed by atoms with Crippen molar-refractivity contribution >= 4 is 22.6 Å². The normalized spacial score (nSPS) is 21.4. The number of likely N-dealkylation sites (N-methyl/N-ethyl adjacent to an activating group) is 1. The molecule has 1 fully saturated rings. The first-order valence-electron chi connectivity index (χ1n) is 7.48. The minimum absolute atomic E-state index is 0.0761. The summed E-state index contributed by atoms with van der Waals surface area (Å²) in [5.41, 5.74) is 1.19. The standard InChI is InChI=1S/C18H19NO3/c1-11(18(21)22)19(2)17(20)16-10-15(16)14-9-5-7-12-6-3-4-8-13(12)14/h3-9,11,15-16H,10H2,1-2H3,(H,21,22). The molecule has 2 aromatic rings. The van der Waals surface area contributed by atoms with E-state index in [4.69, 9.17) is 5.11 Å². The van der Waals surface area contributed by atoms with Crippen LogP contribution < -0.4 is 0 Å². The summed E-state index contributed by atoms with van der Waals surface area (Å²) >= 11 is 0. The van der Waals surface area contributed by atoms with Gasteiger partial charge in [-0.3, -0.25) is 4.79 Å². The average Bonchev–Trinajstić information content (AvgIpc) is 3.32. The monoisotopic (exact) mass is 297 g/mol. The van der Waals surface area contributed by atoms with Crippen molar-refractivity contribution in [2.75, 3.05) is 7.05 Å². The van der Waals surface area contributed by atoms with Gasteiger partial charge in [0.05, 0.1) is 0 Å². The third-order valence-corrected chi connectivity index (χ3v) is 4.62. The summed E-state index contributed by atoms with van der Waals surface area (Å²) in [5, 5.41) is 11.4. The van der Waals surface area contributed by atoms with Crippen molar-refractivity contribution in [2.24, 2.45) is 5.92 Å². The Balaban J connectivity index is 1.82. The molecular weight excluding hydrogens is 278 g/mol. The number of carboxylic acids is 1. The van der Waals surface area contributed by atoms with Gasteiger partial charge < -0.3 is 10.0 Å². The summed E-state index contributed by atoms with van der Waals surface area (Å²) in [6, 6.07) is 13.5. The Morgan fingerprint density at radius 3 is 2.59 bits per heavy atom. The maximum Gasteiger partial charge on any atom is 0.326 e. The Kier molecular flexibility index (Phi) is 3.61. The van der Waals surface area contributed by atoms with Gasteiger partial charge in [0.15, 0.2) is 0 Å². The van der Waals surface area contributed by atoms with Crippen LogP contribution in [0.15, 0.2) is 42.5 Å². The van der Waals surface area contributed by atoms with Gasteiger partial charge in [0.25, 0.3) is 0 Å². The highest BCUT2D eigenvalue weighted by Gasteiger charge is 2.46. The summed E-state index contributed by atoms with van der Waals surface area (Å²) in [5.74, 6) is -0.953. The second-order valence-corrected chi connectivity index (χ2v) is 5.98. The Morgan fingerprint density at radius 2 is 1.86 bits per heavy atom. The van der Waals surface area contributed by atoms with E-state index in [-0.39, 0.29) is 17.7 Å². The molecule has 1 aliphatic carbocycles. The van der Waals surface area contributed by atoms with Crippen LogP contribution in [-0.2, 0) is 9.59 Å². The van der Waals surface area contributed by atoms with Gasteiger partial charge in [-0.2, -0.15) is 0 Å². The number of hydrogen-bond donors (Lipinski definition) is 1. The molecule has 1 aliphatic rings. The van der Waals surface area contributed by atoms with E-state index < -0.39 is 12.0 Å². The number of benzene rings is 2. The largest absolute Gasteiger partial charge is 0.480 e. The lowest BCUT2D eigenvalue weighted by atomic mass is 10.00. The van der Waals surface area contributed by atoms with Gasteiger partial charge in [-0.25, -0.2) is 4.79 Å². The van der Waals surface area contributed by atoms with Gasteiger partial charge in [0.2, 0.25) is 5.91 Å². The van der Waals surface area contributed by atoms with Crippen LogP contribution in [0, 0.1) is 5.92 Å². The van der Waals surface area contributed by atoms with E-state index in [1.807, 2.05) is 18.2 Å². The molecule has 1 amide bonds. The van der Waals surface area contributed by atoms with E-state index in [0.29, 0.717) is 0 Å². The molecule has 22 heavy (non-hydrogen) atoms. The Hall–Kier alpha value is -2.36. The Morgan fingerprint density at radius 1 is 1.18 bits per heavy atom. The van der Waals surface area contributed by atoms with Crippen LogP contribution in [0.3, 0.4) is 0 Å². The number of carboxylic acid groups (broad SMARTS) is 1. The van der Waals surface area contributed by atoms with E-state index in [1.165, 1.54) is 28.2 Å². The zero-order valence-electron chi connectivity index (χ0n) is 12.7.